The number of phenols is 1. The van der Waals surface area contributed by atoms with Gasteiger partial charge in [0.05, 0.1) is 0 Å². The SMILES string of the molecule is CCCCc1cccc(-c2c(O)cccc2C(C)CC)c1CCCC. The van der Waals surface area contributed by atoms with Gasteiger partial charge < -0.3 is 5.11 Å². The van der Waals surface area contributed by atoms with Crippen molar-refractivity contribution >= 4 is 0 Å². The lowest BCUT2D eigenvalue weighted by atomic mass is 9.84. The highest BCUT2D eigenvalue weighted by Crippen LogP contribution is 2.40. The van der Waals surface area contributed by atoms with E-state index in [0.29, 0.717) is 11.7 Å². The summed E-state index contributed by atoms with van der Waals surface area (Å²) in [6.45, 7) is 8.97. The fourth-order valence-corrected chi connectivity index (χ4v) is 3.60. The standard InChI is InChI=1S/C24H34O/c1-5-8-12-19-13-10-16-22(21(19)14-9-6-2)24-20(18(4)7-3)15-11-17-23(24)25/h10-11,13,15-18,25H,5-9,12,14H2,1-4H3. The molecule has 25 heavy (non-hydrogen) atoms. The number of benzene rings is 2. The van der Waals surface area contributed by atoms with Crippen molar-refractivity contribution < 1.29 is 5.11 Å². The van der Waals surface area contributed by atoms with Gasteiger partial charge in [0.25, 0.3) is 0 Å². The van der Waals surface area contributed by atoms with Gasteiger partial charge in [0.2, 0.25) is 0 Å². The number of hydrogen-bond acceptors (Lipinski definition) is 1. The lowest BCUT2D eigenvalue weighted by molar-refractivity contribution is 0.476. The first-order valence-corrected chi connectivity index (χ1v) is 10.1. The van der Waals surface area contributed by atoms with Gasteiger partial charge in [-0.3, -0.25) is 0 Å². The minimum Gasteiger partial charge on any atom is -0.507 e. The largest absolute Gasteiger partial charge is 0.507 e. The Hall–Kier alpha value is -1.76. The lowest BCUT2D eigenvalue weighted by Gasteiger charge is -2.21. The molecule has 0 aliphatic rings. The molecular formula is C24H34O. The van der Waals surface area contributed by atoms with Crippen molar-refractivity contribution in [1.82, 2.24) is 0 Å². The first-order chi connectivity index (χ1) is 12.1. The number of aromatic hydroxyl groups is 1. The summed E-state index contributed by atoms with van der Waals surface area (Å²) in [6, 6.07) is 12.7. The van der Waals surface area contributed by atoms with Gasteiger partial charge in [-0.2, -0.15) is 0 Å². The zero-order chi connectivity index (χ0) is 18.2. The average Bonchev–Trinajstić information content (AvgIpc) is 2.64. The third-order valence-corrected chi connectivity index (χ3v) is 5.34. The molecule has 0 fully saturated rings. The summed E-state index contributed by atoms with van der Waals surface area (Å²) in [6.07, 6.45) is 8.14. The van der Waals surface area contributed by atoms with Crippen molar-refractivity contribution in [2.45, 2.75) is 78.6 Å². The minimum absolute atomic E-state index is 0.420. The van der Waals surface area contributed by atoms with Crippen LogP contribution < -0.4 is 0 Å². The molecule has 0 aliphatic carbocycles. The van der Waals surface area contributed by atoms with E-state index in [1.54, 1.807) is 0 Å². The molecule has 1 heteroatoms. The van der Waals surface area contributed by atoms with Crippen LogP contribution in [0.15, 0.2) is 36.4 Å². The first kappa shape index (κ1) is 19.6. The smallest absolute Gasteiger partial charge is 0.123 e. The minimum atomic E-state index is 0.420. The molecule has 0 spiro atoms. The number of unbranched alkanes of at least 4 members (excludes halogenated alkanes) is 2. The van der Waals surface area contributed by atoms with Gasteiger partial charge in [-0.25, -0.2) is 0 Å². The summed E-state index contributed by atoms with van der Waals surface area (Å²) in [4.78, 5) is 0. The maximum absolute atomic E-state index is 10.7. The number of rotatable bonds is 9. The molecule has 1 N–H and O–H groups in total. The monoisotopic (exact) mass is 338 g/mol. The first-order valence-electron chi connectivity index (χ1n) is 10.1. The Morgan fingerprint density at radius 1 is 0.880 bits per heavy atom. The number of hydrogen-bond donors (Lipinski definition) is 1. The van der Waals surface area contributed by atoms with E-state index in [4.69, 9.17) is 0 Å². The van der Waals surface area contributed by atoms with E-state index in [-0.39, 0.29) is 0 Å². The van der Waals surface area contributed by atoms with Gasteiger partial charge in [0.15, 0.2) is 0 Å². The predicted molar refractivity (Wildman–Crippen MR) is 109 cm³/mol. The number of aryl methyl sites for hydroxylation is 1. The summed E-state index contributed by atoms with van der Waals surface area (Å²) in [5.74, 6) is 0.864. The van der Waals surface area contributed by atoms with E-state index in [1.807, 2.05) is 12.1 Å². The molecule has 2 aromatic carbocycles. The molecule has 2 aromatic rings. The molecule has 0 saturated heterocycles. The van der Waals surface area contributed by atoms with E-state index < -0.39 is 0 Å². The van der Waals surface area contributed by atoms with Crippen molar-refractivity contribution in [3.8, 4) is 16.9 Å². The number of phenolic OH excluding ortho intramolecular Hbond substituents is 1. The van der Waals surface area contributed by atoms with Crippen LogP contribution in [0.25, 0.3) is 11.1 Å². The quantitative estimate of drug-likeness (QED) is 0.510. The molecule has 1 atom stereocenters. The van der Waals surface area contributed by atoms with Crippen molar-refractivity contribution in [3.05, 3.63) is 53.1 Å². The summed E-state index contributed by atoms with van der Waals surface area (Å²) < 4.78 is 0. The van der Waals surface area contributed by atoms with E-state index in [9.17, 15) is 5.11 Å². The van der Waals surface area contributed by atoms with Crippen molar-refractivity contribution in [2.75, 3.05) is 0 Å². The van der Waals surface area contributed by atoms with Gasteiger partial charge in [0.1, 0.15) is 5.75 Å². The highest BCUT2D eigenvalue weighted by Gasteiger charge is 2.18. The Bertz CT molecular complexity index is 672. The van der Waals surface area contributed by atoms with E-state index in [0.717, 1.165) is 24.8 Å². The fraction of sp³-hybridized carbons (Fsp3) is 0.500. The molecule has 0 aromatic heterocycles. The van der Waals surface area contributed by atoms with Crippen LogP contribution >= 0.6 is 0 Å². The molecule has 0 saturated carbocycles. The van der Waals surface area contributed by atoms with Crippen LogP contribution in [0.2, 0.25) is 0 Å². The third-order valence-electron chi connectivity index (χ3n) is 5.34. The summed E-state index contributed by atoms with van der Waals surface area (Å²) in [5, 5.41) is 10.7. The molecule has 1 unspecified atom stereocenters. The molecule has 0 amide bonds. The van der Waals surface area contributed by atoms with Crippen LogP contribution in [-0.4, -0.2) is 5.11 Å². The van der Waals surface area contributed by atoms with Gasteiger partial charge in [-0.15, -0.1) is 0 Å². The lowest BCUT2D eigenvalue weighted by Crippen LogP contribution is -2.02. The van der Waals surface area contributed by atoms with E-state index in [1.165, 1.54) is 47.9 Å². The Labute approximate surface area is 154 Å². The molecule has 0 radical (unpaired) electrons. The van der Waals surface area contributed by atoms with Gasteiger partial charge in [-0.1, -0.05) is 70.9 Å². The van der Waals surface area contributed by atoms with Gasteiger partial charge >= 0.3 is 0 Å². The molecule has 0 heterocycles. The molecule has 0 bridgehead atoms. The van der Waals surface area contributed by atoms with Crippen LogP contribution in [0, 0.1) is 0 Å². The topological polar surface area (TPSA) is 20.2 Å². The summed E-state index contributed by atoms with van der Waals surface area (Å²) in [5.41, 5.74) is 6.49. The molecule has 0 aliphatic heterocycles. The highest BCUT2D eigenvalue weighted by atomic mass is 16.3. The zero-order valence-electron chi connectivity index (χ0n) is 16.4. The van der Waals surface area contributed by atoms with E-state index in [2.05, 4.69) is 52.0 Å². The van der Waals surface area contributed by atoms with Crippen LogP contribution in [-0.2, 0) is 12.8 Å². The van der Waals surface area contributed by atoms with Gasteiger partial charge in [-0.05, 0) is 66.3 Å². The molecule has 2 rings (SSSR count). The van der Waals surface area contributed by atoms with Crippen LogP contribution in [0.1, 0.15) is 82.4 Å². The Balaban J connectivity index is 2.62. The Kier molecular flexibility index (Phi) is 7.55. The summed E-state index contributed by atoms with van der Waals surface area (Å²) >= 11 is 0. The van der Waals surface area contributed by atoms with Gasteiger partial charge in [0, 0.05) is 5.56 Å². The molecule has 1 nitrogen and oxygen atoms in total. The zero-order valence-corrected chi connectivity index (χ0v) is 16.4. The Morgan fingerprint density at radius 3 is 2.24 bits per heavy atom. The second-order valence-corrected chi connectivity index (χ2v) is 7.20. The predicted octanol–water partition coefficient (Wildman–Crippen LogP) is 7.26. The van der Waals surface area contributed by atoms with Crippen LogP contribution in [0.3, 0.4) is 0 Å². The second-order valence-electron chi connectivity index (χ2n) is 7.20. The highest BCUT2D eigenvalue weighted by molar-refractivity contribution is 5.77. The van der Waals surface area contributed by atoms with Crippen LogP contribution in [0.5, 0.6) is 5.75 Å². The Morgan fingerprint density at radius 2 is 1.56 bits per heavy atom. The third kappa shape index (κ3) is 4.66. The maximum atomic E-state index is 10.7. The van der Waals surface area contributed by atoms with Crippen LogP contribution in [0.4, 0.5) is 0 Å². The molecule has 136 valence electrons. The average molecular weight is 339 g/mol. The van der Waals surface area contributed by atoms with Crippen molar-refractivity contribution in [2.24, 2.45) is 0 Å². The molecular weight excluding hydrogens is 304 g/mol. The summed E-state index contributed by atoms with van der Waals surface area (Å²) in [7, 11) is 0. The fourth-order valence-electron chi connectivity index (χ4n) is 3.60. The van der Waals surface area contributed by atoms with E-state index >= 15 is 0 Å². The maximum Gasteiger partial charge on any atom is 0.123 e. The van der Waals surface area contributed by atoms with Crippen molar-refractivity contribution in [3.63, 3.8) is 0 Å². The second kappa shape index (κ2) is 9.65. The normalized spacial score (nSPS) is 12.3. The van der Waals surface area contributed by atoms with Crippen molar-refractivity contribution in [1.29, 1.82) is 0 Å².